The first-order valence-corrected chi connectivity index (χ1v) is 9.81. The fourth-order valence-electron chi connectivity index (χ4n) is 3.29. The van der Waals surface area contributed by atoms with Gasteiger partial charge >= 0.3 is 0 Å². The van der Waals surface area contributed by atoms with Crippen molar-refractivity contribution in [2.24, 2.45) is 0 Å². The lowest BCUT2D eigenvalue weighted by Crippen LogP contribution is -2.43. The molecule has 1 aliphatic heterocycles. The molecular weight excluding hydrogens is 395 g/mol. The molecular formula is C22H24ClFN2O3. The van der Waals surface area contributed by atoms with Crippen molar-refractivity contribution in [3.05, 3.63) is 70.5 Å². The molecule has 2 aromatic carbocycles. The summed E-state index contributed by atoms with van der Waals surface area (Å²) in [7, 11) is 1.57. The number of carbonyl (C=O) groups excluding carboxylic acids is 1. The van der Waals surface area contributed by atoms with Crippen LogP contribution in [0, 0.1) is 5.82 Å². The van der Waals surface area contributed by atoms with Crippen LogP contribution in [0.3, 0.4) is 0 Å². The van der Waals surface area contributed by atoms with Gasteiger partial charge in [-0.25, -0.2) is 4.39 Å². The quantitative estimate of drug-likeness (QED) is 0.697. The zero-order chi connectivity index (χ0) is 20.6. The highest BCUT2D eigenvalue weighted by atomic mass is 35.5. The Labute approximate surface area is 175 Å². The number of halogens is 2. The standard InChI is InChI=1S/C22H24ClFN2O3/c1-28-21-8-5-18(23)14-17(21)4-9-22(27)25-15-20(26-10-12-29-13-11-26)16-2-6-19(24)7-3-16/h2-9,14,20H,10-13,15H2,1H3,(H,25,27)/b9-4+. The van der Waals surface area contributed by atoms with Crippen molar-refractivity contribution in [3.8, 4) is 5.75 Å². The Bertz CT molecular complexity index is 852. The monoisotopic (exact) mass is 418 g/mol. The number of methoxy groups -OCH3 is 1. The maximum atomic E-state index is 13.3. The Morgan fingerprint density at radius 2 is 2.00 bits per heavy atom. The van der Waals surface area contributed by atoms with Crippen LogP contribution in [-0.4, -0.2) is 50.8 Å². The Balaban J connectivity index is 1.67. The van der Waals surface area contributed by atoms with Crippen LogP contribution in [-0.2, 0) is 9.53 Å². The summed E-state index contributed by atoms with van der Waals surface area (Å²) in [5, 5.41) is 3.50. The van der Waals surface area contributed by atoms with Crippen molar-refractivity contribution in [1.82, 2.24) is 10.2 Å². The van der Waals surface area contributed by atoms with Crippen LogP contribution in [0.5, 0.6) is 5.75 Å². The number of hydrogen-bond acceptors (Lipinski definition) is 4. The van der Waals surface area contributed by atoms with Crippen LogP contribution >= 0.6 is 11.6 Å². The lowest BCUT2D eigenvalue weighted by molar-refractivity contribution is -0.116. The number of nitrogens with one attached hydrogen (secondary N) is 1. The van der Waals surface area contributed by atoms with Gasteiger partial charge in [0.1, 0.15) is 11.6 Å². The van der Waals surface area contributed by atoms with E-state index in [4.69, 9.17) is 21.1 Å². The number of ether oxygens (including phenoxy) is 2. The second-order valence-electron chi connectivity index (χ2n) is 6.68. The van der Waals surface area contributed by atoms with E-state index >= 15 is 0 Å². The number of rotatable bonds is 7. The molecule has 0 aromatic heterocycles. The van der Waals surface area contributed by atoms with Gasteiger partial charge in [0.15, 0.2) is 0 Å². The van der Waals surface area contributed by atoms with Gasteiger partial charge < -0.3 is 14.8 Å². The minimum atomic E-state index is -0.281. The molecule has 0 saturated carbocycles. The molecule has 1 N–H and O–H groups in total. The molecule has 3 rings (SSSR count). The number of benzene rings is 2. The highest BCUT2D eigenvalue weighted by Gasteiger charge is 2.23. The normalized spacial score (nSPS) is 16.0. The van der Waals surface area contributed by atoms with Crippen LogP contribution in [0.25, 0.3) is 6.08 Å². The van der Waals surface area contributed by atoms with E-state index in [1.807, 2.05) is 0 Å². The summed E-state index contributed by atoms with van der Waals surface area (Å²) in [6, 6.07) is 11.6. The smallest absolute Gasteiger partial charge is 0.244 e. The van der Waals surface area contributed by atoms with Crippen LogP contribution in [0.15, 0.2) is 48.5 Å². The van der Waals surface area contributed by atoms with Crippen molar-refractivity contribution in [3.63, 3.8) is 0 Å². The number of hydrogen-bond donors (Lipinski definition) is 1. The van der Waals surface area contributed by atoms with E-state index < -0.39 is 0 Å². The van der Waals surface area contributed by atoms with E-state index in [9.17, 15) is 9.18 Å². The summed E-state index contributed by atoms with van der Waals surface area (Å²) in [4.78, 5) is 14.6. The Kier molecular flexibility index (Phi) is 7.63. The molecule has 1 aliphatic rings. The third-order valence-electron chi connectivity index (χ3n) is 4.82. The van der Waals surface area contributed by atoms with Gasteiger partial charge in [-0.3, -0.25) is 9.69 Å². The minimum Gasteiger partial charge on any atom is -0.496 e. The summed E-state index contributed by atoms with van der Waals surface area (Å²) >= 11 is 6.02. The molecule has 1 unspecified atom stereocenters. The lowest BCUT2D eigenvalue weighted by Gasteiger charge is -2.34. The molecule has 2 aromatic rings. The van der Waals surface area contributed by atoms with Crippen molar-refractivity contribution in [2.75, 3.05) is 40.0 Å². The summed E-state index contributed by atoms with van der Waals surface area (Å²) in [6.45, 7) is 3.20. The van der Waals surface area contributed by atoms with Crippen LogP contribution in [0.4, 0.5) is 4.39 Å². The summed E-state index contributed by atoms with van der Waals surface area (Å²) in [5.41, 5.74) is 1.67. The Hall–Kier alpha value is -2.41. The molecule has 0 spiro atoms. The molecule has 1 saturated heterocycles. The first kappa shape index (κ1) is 21.3. The van der Waals surface area contributed by atoms with Gasteiger partial charge in [0.05, 0.1) is 26.4 Å². The van der Waals surface area contributed by atoms with Crippen LogP contribution < -0.4 is 10.1 Å². The predicted molar refractivity (Wildman–Crippen MR) is 112 cm³/mol. The molecule has 0 bridgehead atoms. The fourth-order valence-corrected chi connectivity index (χ4v) is 3.47. The number of nitrogens with zero attached hydrogens (tertiary/aromatic N) is 1. The predicted octanol–water partition coefficient (Wildman–Crippen LogP) is 3.69. The average Bonchev–Trinajstić information content (AvgIpc) is 2.74. The number of carbonyl (C=O) groups is 1. The van der Waals surface area contributed by atoms with E-state index in [0.717, 1.165) is 24.2 Å². The maximum absolute atomic E-state index is 13.3. The molecule has 7 heteroatoms. The average molecular weight is 419 g/mol. The molecule has 0 aliphatic carbocycles. The first-order chi connectivity index (χ1) is 14.1. The van der Waals surface area contributed by atoms with Crippen molar-refractivity contribution in [2.45, 2.75) is 6.04 Å². The molecule has 1 fully saturated rings. The maximum Gasteiger partial charge on any atom is 0.244 e. The van der Waals surface area contributed by atoms with Crippen LogP contribution in [0.1, 0.15) is 17.2 Å². The molecule has 1 atom stereocenters. The van der Waals surface area contributed by atoms with Crippen LogP contribution in [0.2, 0.25) is 5.02 Å². The third-order valence-corrected chi connectivity index (χ3v) is 5.05. The summed E-state index contributed by atoms with van der Waals surface area (Å²) in [5.74, 6) is 0.125. The SMILES string of the molecule is COc1ccc(Cl)cc1/C=C/C(=O)NCC(c1ccc(F)cc1)N1CCOCC1. The Morgan fingerprint density at radius 3 is 2.69 bits per heavy atom. The molecule has 1 heterocycles. The highest BCUT2D eigenvalue weighted by molar-refractivity contribution is 6.30. The minimum absolute atomic E-state index is 0.0578. The summed E-state index contributed by atoms with van der Waals surface area (Å²) in [6.07, 6.45) is 3.12. The van der Waals surface area contributed by atoms with E-state index in [0.29, 0.717) is 30.5 Å². The molecule has 0 radical (unpaired) electrons. The van der Waals surface area contributed by atoms with Gasteiger partial charge in [0.2, 0.25) is 5.91 Å². The van der Waals surface area contributed by atoms with Crippen molar-refractivity contribution < 1.29 is 18.7 Å². The van der Waals surface area contributed by atoms with Gasteiger partial charge in [-0.05, 0) is 42.0 Å². The van der Waals surface area contributed by atoms with Gasteiger partial charge in [-0.2, -0.15) is 0 Å². The highest BCUT2D eigenvalue weighted by Crippen LogP contribution is 2.24. The summed E-state index contributed by atoms with van der Waals surface area (Å²) < 4.78 is 24.0. The third kappa shape index (κ3) is 6.03. The zero-order valence-electron chi connectivity index (χ0n) is 16.2. The largest absolute Gasteiger partial charge is 0.496 e. The van der Waals surface area contributed by atoms with Crippen molar-refractivity contribution in [1.29, 1.82) is 0 Å². The fraction of sp³-hybridized carbons (Fsp3) is 0.318. The zero-order valence-corrected chi connectivity index (χ0v) is 17.0. The van der Waals surface area contributed by atoms with Gasteiger partial charge in [0, 0.05) is 36.3 Å². The van der Waals surface area contributed by atoms with E-state index in [2.05, 4.69) is 10.2 Å². The van der Waals surface area contributed by atoms with Gasteiger partial charge in [-0.15, -0.1) is 0 Å². The van der Waals surface area contributed by atoms with E-state index in [1.54, 1.807) is 43.5 Å². The van der Waals surface area contributed by atoms with Gasteiger partial charge in [0.25, 0.3) is 0 Å². The molecule has 5 nitrogen and oxygen atoms in total. The molecule has 29 heavy (non-hydrogen) atoms. The van der Waals surface area contributed by atoms with Crippen molar-refractivity contribution >= 4 is 23.6 Å². The topological polar surface area (TPSA) is 50.8 Å². The number of amides is 1. The van der Waals surface area contributed by atoms with E-state index in [-0.39, 0.29) is 17.8 Å². The van der Waals surface area contributed by atoms with Gasteiger partial charge in [-0.1, -0.05) is 23.7 Å². The molecule has 1 amide bonds. The van der Waals surface area contributed by atoms with E-state index in [1.165, 1.54) is 18.2 Å². The molecule has 154 valence electrons. The second-order valence-corrected chi connectivity index (χ2v) is 7.12. The lowest BCUT2D eigenvalue weighted by atomic mass is 10.0. The first-order valence-electron chi connectivity index (χ1n) is 9.43. The number of morpholine rings is 1. The second kappa shape index (κ2) is 10.4. The Morgan fingerprint density at radius 1 is 1.28 bits per heavy atom.